The summed E-state index contributed by atoms with van der Waals surface area (Å²) >= 11 is 1.67. The van der Waals surface area contributed by atoms with Crippen molar-refractivity contribution >= 4 is 22.8 Å². The largest absolute Gasteiger partial charge is 0.485 e. The van der Waals surface area contributed by atoms with Gasteiger partial charge in [0.15, 0.2) is 12.1 Å². The van der Waals surface area contributed by atoms with Gasteiger partial charge in [-0.05, 0) is 43.8 Å². The molecule has 0 amide bonds. The smallest absolute Gasteiger partial charge is 0.190 e. The van der Waals surface area contributed by atoms with E-state index in [1.54, 1.807) is 11.3 Å². The third-order valence-corrected chi connectivity index (χ3v) is 7.64. The number of hydrogen-bond donors (Lipinski definition) is 0. The van der Waals surface area contributed by atoms with Gasteiger partial charge in [-0.1, -0.05) is 60.2 Å². The standard InChI is InChI=1S/C30H31NO5S/c1-19-9-7-12-21(15-19)23-16-22(25-13-8-14-37-25)31-17-24(33-23)26-27(32-18-20-10-5-4-6-11-20)28-29(34-26)36-30(2,3)35-28/h4-16,24,26-29H,17-18H2,1-3H3/t24-,26+,27-,28+,29+/m0/s1. The number of rotatable bonds is 6. The van der Waals surface area contributed by atoms with E-state index in [0.29, 0.717) is 13.2 Å². The normalized spacial score (nSPS) is 28.7. The number of allylic oxidation sites excluding steroid dienone is 1. The monoisotopic (exact) mass is 517 g/mol. The van der Waals surface area contributed by atoms with Gasteiger partial charge in [-0.15, -0.1) is 11.3 Å². The van der Waals surface area contributed by atoms with Crippen molar-refractivity contribution in [2.45, 2.75) is 63.9 Å². The molecule has 0 N–H and O–H groups in total. The number of nitrogens with zero attached hydrogens (tertiary/aromatic N) is 1. The van der Waals surface area contributed by atoms with E-state index in [1.807, 2.05) is 50.3 Å². The molecule has 0 aliphatic carbocycles. The molecule has 3 aromatic rings. The molecule has 6 nitrogen and oxygen atoms in total. The van der Waals surface area contributed by atoms with E-state index in [2.05, 4.69) is 48.7 Å². The lowest BCUT2D eigenvalue weighted by molar-refractivity contribution is -0.229. The van der Waals surface area contributed by atoms with Crippen LogP contribution in [0.15, 0.2) is 83.2 Å². The Morgan fingerprint density at radius 1 is 1.00 bits per heavy atom. The van der Waals surface area contributed by atoms with Gasteiger partial charge in [0.05, 0.1) is 23.7 Å². The molecule has 7 heteroatoms. The van der Waals surface area contributed by atoms with Crippen LogP contribution in [0.4, 0.5) is 0 Å². The first-order valence-electron chi connectivity index (χ1n) is 12.7. The molecule has 0 bridgehead atoms. The molecule has 1 aromatic heterocycles. The van der Waals surface area contributed by atoms with Crippen LogP contribution >= 0.6 is 11.3 Å². The minimum Gasteiger partial charge on any atom is -0.485 e. The van der Waals surface area contributed by atoms with E-state index in [9.17, 15) is 0 Å². The van der Waals surface area contributed by atoms with E-state index in [0.717, 1.165) is 33.0 Å². The van der Waals surface area contributed by atoms with E-state index < -0.39 is 18.2 Å². The van der Waals surface area contributed by atoms with Gasteiger partial charge in [-0.25, -0.2) is 0 Å². The summed E-state index contributed by atoms with van der Waals surface area (Å²) in [6.45, 7) is 6.75. The van der Waals surface area contributed by atoms with E-state index >= 15 is 0 Å². The van der Waals surface area contributed by atoms with Gasteiger partial charge in [0, 0.05) is 11.6 Å². The Morgan fingerprint density at radius 2 is 1.86 bits per heavy atom. The highest BCUT2D eigenvalue weighted by molar-refractivity contribution is 7.12. The van der Waals surface area contributed by atoms with Gasteiger partial charge < -0.3 is 23.7 Å². The summed E-state index contributed by atoms with van der Waals surface area (Å²) in [7, 11) is 0. The predicted octanol–water partition coefficient (Wildman–Crippen LogP) is 5.75. The lowest BCUT2D eigenvalue weighted by Gasteiger charge is -2.30. The highest BCUT2D eigenvalue weighted by atomic mass is 32.1. The summed E-state index contributed by atoms with van der Waals surface area (Å²) in [6, 6.07) is 22.6. The summed E-state index contributed by atoms with van der Waals surface area (Å²) in [5, 5.41) is 2.06. The number of aryl methyl sites for hydroxylation is 1. The molecule has 2 saturated heterocycles. The van der Waals surface area contributed by atoms with E-state index in [1.165, 1.54) is 0 Å². The molecule has 192 valence electrons. The minimum atomic E-state index is -0.740. The Hall–Kier alpha value is -2.81. The molecule has 0 spiro atoms. The second-order valence-corrected chi connectivity index (χ2v) is 11.0. The molecule has 2 fully saturated rings. The molecule has 4 heterocycles. The van der Waals surface area contributed by atoms with Crippen LogP contribution < -0.4 is 0 Å². The van der Waals surface area contributed by atoms with Gasteiger partial charge in [0.1, 0.15) is 30.2 Å². The molecule has 3 aliphatic rings. The van der Waals surface area contributed by atoms with Crippen molar-refractivity contribution in [3.63, 3.8) is 0 Å². The molecular weight excluding hydrogens is 486 g/mol. The third kappa shape index (κ3) is 5.28. The molecule has 37 heavy (non-hydrogen) atoms. The van der Waals surface area contributed by atoms with Gasteiger partial charge >= 0.3 is 0 Å². The second-order valence-electron chi connectivity index (χ2n) is 10.1. The first-order valence-corrected chi connectivity index (χ1v) is 13.5. The molecule has 5 atom stereocenters. The van der Waals surface area contributed by atoms with Crippen molar-refractivity contribution in [1.29, 1.82) is 0 Å². The van der Waals surface area contributed by atoms with Crippen LogP contribution in [0.2, 0.25) is 0 Å². The van der Waals surface area contributed by atoms with Crippen molar-refractivity contribution in [1.82, 2.24) is 0 Å². The fourth-order valence-corrected chi connectivity index (χ4v) is 5.75. The molecule has 6 rings (SSSR count). The second kappa shape index (κ2) is 10.2. The van der Waals surface area contributed by atoms with Crippen LogP contribution in [0.3, 0.4) is 0 Å². The van der Waals surface area contributed by atoms with Crippen LogP contribution in [0.1, 0.15) is 35.4 Å². The van der Waals surface area contributed by atoms with Gasteiger partial charge in [-0.2, -0.15) is 0 Å². The van der Waals surface area contributed by atoms with E-state index in [4.69, 9.17) is 28.7 Å². The summed E-state index contributed by atoms with van der Waals surface area (Å²) in [6.07, 6.45) is -0.0381. The summed E-state index contributed by atoms with van der Waals surface area (Å²) < 4.78 is 32.0. The highest BCUT2D eigenvalue weighted by Gasteiger charge is 2.58. The van der Waals surface area contributed by atoms with E-state index in [-0.39, 0.29) is 18.3 Å². The summed E-state index contributed by atoms with van der Waals surface area (Å²) in [4.78, 5) is 6.07. The Bertz CT molecular complexity index is 1290. The van der Waals surface area contributed by atoms with Crippen molar-refractivity contribution in [2.24, 2.45) is 4.99 Å². The fraction of sp³-hybridized carbons (Fsp3) is 0.367. The Balaban J connectivity index is 1.31. The fourth-order valence-electron chi connectivity index (χ4n) is 5.05. The van der Waals surface area contributed by atoms with Crippen molar-refractivity contribution in [3.8, 4) is 0 Å². The average Bonchev–Trinajstić information content (AvgIpc) is 3.55. The lowest BCUT2D eigenvalue weighted by Crippen LogP contribution is -2.44. The molecular formula is C30H31NO5S. The SMILES string of the molecule is Cc1cccc(C2=CC(c3cccs3)=NC[C@@H]([C@H]3O[C@@H]4OC(C)(C)O[C@@H]4[C@H]3OCc3ccccc3)O2)c1. The van der Waals surface area contributed by atoms with Crippen molar-refractivity contribution < 1.29 is 23.7 Å². The number of thiophene rings is 1. The first-order chi connectivity index (χ1) is 17.9. The van der Waals surface area contributed by atoms with Gasteiger partial charge in [0.25, 0.3) is 0 Å². The van der Waals surface area contributed by atoms with Crippen LogP contribution in [-0.4, -0.2) is 48.7 Å². The maximum Gasteiger partial charge on any atom is 0.190 e. The average molecular weight is 518 g/mol. The van der Waals surface area contributed by atoms with Gasteiger partial charge in [-0.3, -0.25) is 4.99 Å². The lowest BCUT2D eigenvalue weighted by atomic mass is 10.0. The summed E-state index contributed by atoms with van der Waals surface area (Å²) in [5.74, 6) is 0.0267. The molecule has 0 radical (unpaired) electrons. The zero-order valence-electron chi connectivity index (χ0n) is 21.2. The Morgan fingerprint density at radius 3 is 2.65 bits per heavy atom. The topological polar surface area (TPSA) is 58.5 Å². The number of aliphatic imine (C=N–C) groups is 1. The Labute approximate surface area is 221 Å². The predicted molar refractivity (Wildman–Crippen MR) is 143 cm³/mol. The van der Waals surface area contributed by atoms with Crippen molar-refractivity contribution in [3.05, 3.63) is 99.8 Å². The van der Waals surface area contributed by atoms with Crippen LogP contribution in [0.25, 0.3) is 5.76 Å². The van der Waals surface area contributed by atoms with Crippen LogP contribution in [-0.2, 0) is 30.3 Å². The molecule has 2 aromatic carbocycles. The zero-order chi connectivity index (χ0) is 25.4. The quantitative estimate of drug-likeness (QED) is 0.417. The third-order valence-electron chi connectivity index (χ3n) is 6.74. The number of benzene rings is 2. The maximum absolute atomic E-state index is 6.70. The Kier molecular flexibility index (Phi) is 6.73. The first kappa shape index (κ1) is 24.5. The highest BCUT2D eigenvalue weighted by Crippen LogP contribution is 2.41. The summed E-state index contributed by atoms with van der Waals surface area (Å²) in [5.41, 5.74) is 4.16. The molecule has 0 unspecified atom stereocenters. The van der Waals surface area contributed by atoms with Crippen LogP contribution in [0.5, 0.6) is 0 Å². The zero-order valence-corrected chi connectivity index (χ0v) is 22.0. The van der Waals surface area contributed by atoms with Crippen LogP contribution in [0, 0.1) is 6.92 Å². The number of fused-ring (bicyclic) bond motifs is 1. The minimum absolute atomic E-state index is 0.359. The molecule has 0 saturated carbocycles. The number of hydrogen-bond acceptors (Lipinski definition) is 7. The van der Waals surface area contributed by atoms with Gasteiger partial charge in [0.2, 0.25) is 0 Å². The van der Waals surface area contributed by atoms with Crippen molar-refractivity contribution in [2.75, 3.05) is 6.54 Å². The molecule has 3 aliphatic heterocycles. The number of ether oxygens (including phenoxy) is 5. The maximum atomic E-state index is 6.70.